The maximum absolute atomic E-state index is 2.46. The van der Waals surface area contributed by atoms with Crippen LogP contribution in [0.4, 0.5) is 0 Å². The fourth-order valence-corrected chi connectivity index (χ4v) is 4.26. The van der Waals surface area contributed by atoms with Gasteiger partial charge in [0.1, 0.15) is 6.54 Å². The Morgan fingerprint density at radius 1 is 0.710 bits per heavy atom. The van der Waals surface area contributed by atoms with Crippen molar-refractivity contribution in [2.75, 3.05) is 0 Å². The lowest BCUT2D eigenvalue weighted by Crippen LogP contribution is -2.31. The number of para-hydroxylation sites is 2. The Kier molecular flexibility index (Phi) is 8.62. The van der Waals surface area contributed by atoms with Gasteiger partial charge in [0.15, 0.2) is 11.0 Å². The van der Waals surface area contributed by atoms with Crippen LogP contribution in [0.15, 0.2) is 60.7 Å². The van der Waals surface area contributed by atoms with Crippen molar-refractivity contribution in [1.82, 2.24) is 4.57 Å². The second-order valence-electron chi connectivity index (χ2n) is 7.72. The number of imidazole rings is 1. The van der Waals surface area contributed by atoms with Crippen LogP contribution in [0, 0.1) is 27.7 Å². The minimum absolute atomic E-state index is 0.865. The molecule has 0 saturated heterocycles. The molecule has 0 unspecified atom stereocenters. The van der Waals surface area contributed by atoms with Crippen molar-refractivity contribution in [1.29, 1.82) is 0 Å². The molecule has 1 heterocycles. The first kappa shape index (κ1) is 24.4. The first-order chi connectivity index (χ1) is 15.0. The molecule has 0 N–H and O–H groups in total. The van der Waals surface area contributed by atoms with Crippen LogP contribution in [0.3, 0.4) is 0 Å². The van der Waals surface area contributed by atoms with Crippen molar-refractivity contribution < 1.29 is 4.57 Å². The molecule has 4 rings (SSSR count). The molecular formula is C29H39N2+. The minimum Gasteiger partial charge on any atom is -0.226 e. The summed E-state index contributed by atoms with van der Waals surface area (Å²) in [7, 11) is 2.18. The smallest absolute Gasteiger partial charge is 0.226 e. The van der Waals surface area contributed by atoms with E-state index in [2.05, 4.69) is 105 Å². The highest BCUT2D eigenvalue weighted by Crippen LogP contribution is 2.30. The van der Waals surface area contributed by atoms with Crippen LogP contribution in [0.25, 0.3) is 22.4 Å². The zero-order chi connectivity index (χ0) is 23.1. The van der Waals surface area contributed by atoms with Crippen LogP contribution in [-0.2, 0) is 13.6 Å². The van der Waals surface area contributed by atoms with E-state index in [1.807, 2.05) is 27.7 Å². The third-order valence-electron chi connectivity index (χ3n) is 5.47. The van der Waals surface area contributed by atoms with Gasteiger partial charge in [0.05, 0.1) is 12.6 Å². The van der Waals surface area contributed by atoms with Gasteiger partial charge in [0.2, 0.25) is 0 Å². The van der Waals surface area contributed by atoms with Crippen LogP contribution in [0.2, 0.25) is 0 Å². The van der Waals surface area contributed by atoms with Crippen molar-refractivity contribution in [3.8, 4) is 11.4 Å². The maximum Gasteiger partial charge on any atom is 0.290 e. The quantitative estimate of drug-likeness (QED) is 0.307. The summed E-state index contributed by atoms with van der Waals surface area (Å²) in [5.74, 6) is 1.27. The molecule has 164 valence electrons. The third kappa shape index (κ3) is 5.07. The number of hydrogen-bond acceptors (Lipinski definition) is 0. The molecule has 1 aromatic heterocycles. The van der Waals surface area contributed by atoms with E-state index in [4.69, 9.17) is 0 Å². The molecule has 0 bridgehead atoms. The summed E-state index contributed by atoms with van der Waals surface area (Å²) in [6.45, 7) is 17.6. The molecule has 0 fully saturated rings. The number of aryl methyl sites for hydroxylation is 5. The Hall–Kier alpha value is -2.87. The van der Waals surface area contributed by atoms with E-state index in [0.29, 0.717) is 0 Å². The molecular weight excluding hydrogens is 376 g/mol. The molecule has 0 aliphatic rings. The Morgan fingerprint density at radius 3 is 1.84 bits per heavy atom. The van der Waals surface area contributed by atoms with Gasteiger partial charge in [0.25, 0.3) is 5.82 Å². The summed E-state index contributed by atoms with van der Waals surface area (Å²) in [6, 6.07) is 22.1. The summed E-state index contributed by atoms with van der Waals surface area (Å²) in [4.78, 5) is 0. The van der Waals surface area contributed by atoms with Gasteiger partial charge in [-0.2, -0.15) is 0 Å². The van der Waals surface area contributed by atoms with Crippen LogP contribution < -0.4 is 4.57 Å². The number of benzene rings is 3. The van der Waals surface area contributed by atoms with E-state index in [-0.39, 0.29) is 0 Å². The van der Waals surface area contributed by atoms with Crippen LogP contribution in [0.5, 0.6) is 0 Å². The highest BCUT2D eigenvalue weighted by atomic mass is 15.2. The summed E-state index contributed by atoms with van der Waals surface area (Å²) in [5.41, 5.74) is 10.5. The molecule has 0 aliphatic carbocycles. The fraction of sp³-hybridized carbons (Fsp3) is 0.345. The third-order valence-corrected chi connectivity index (χ3v) is 5.47. The number of aromatic nitrogens is 2. The maximum atomic E-state index is 2.46. The molecule has 0 amide bonds. The number of rotatable bonds is 3. The standard InChI is InChI=1S/C25H27N2.2C2H6/c1-17-10-12-21(13-11-17)16-27-23-9-7-6-8-22(23)26(5)25(27)24-19(3)14-18(2)15-20(24)4;2*1-2/h6-15H,16H2,1-5H3;2*1-2H3/q+1;;. The summed E-state index contributed by atoms with van der Waals surface area (Å²) >= 11 is 0. The Labute approximate surface area is 189 Å². The summed E-state index contributed by atoms with van der Waals surface area (Å²) < 4.78 is 4.80. The minimum atomic E-state index is 0.865. The second kappa shape index (κ2) is 10.9. The van der Waals surface area contributed by atoms with Gasteiger partial charge < -0.3 is 0 Å². The number of hydrogen-bond donors (Lipinski definition) is 0. The topological polar surface area (TPSA) is 8.81 Å². The monoisotopic (exact) mass is 415 g/mol. The molecule has 0 spiro atoms. The first-order valence-corrected chi connectivity index (χ1v) is 11.6. The predicted molar refractivity (Wildman–Crippen MR) is 136 cm³/mol. The lowest BCUT2D eigenvalue weighted by Gasteiger charge is -2.11. The summed E-state index contributed by atoms with van der Waals surface area (Å²) in [5, 5.41) is 0. The molecule has 3 aromatic carbocycles. The van der Waals surface area contributed by atoms with Crippen LogP contribution in [-0.4, -0.2) is 4.57 Å². The van der Waals surface area contributed by atoms with Gasteiger partial charge in [0, 0.05) is 0 Å². The average Bonchev–Trinajstić information content (AvgIpc) is 3.04. The lowest BCUT2D eigenvalue weighted by atomic mass is 9.99. The van der Waals surface area contributed by atoms with E-state index in [0.717, 1.165) is 6.54 Å². The van der Waals surface area contributed by atoms with Crippen molar-refractivity contribution >= 4 is 11.0 Å². The second-order valence-corrected chi connectivity index (χ2v) is 7.72. The van der Waals surface area contributed by atoms with Crippen molar-refractivity contribution in [3.63, 3.8) is 0 Å². The Balaban J connectivity index is 0.000000807. The molecule has 2 nitrogen and oxygen atoms in total. The predicted octanol–water partition coefficient (Wildman–Crippen LogP) is 7.47. The number of nitrogens with zero attached hydrogens (tertiary/aromatic N) is 2. The van der Waals surface area contributed by atoms with Crippen molar-refractivity contribution in [2.45, 2.75) is 61.9 Å². The molecule has 0 atom stereocenters. The van der Waals surface area contributed by atoms with Crippen molar-refractivity contribution in [2.24, 2.45) is 7.05 Å². The van der Waals surface area contributed by atoms with E-state index in [1.165, 1.54) is 50.2 Å². The zero-order valence-electron chi connectivity index (χ0n) is 20.9. The Morgan fingerprint density at radius 2 is 1.26 bits per heavy atom. The SMILES string of the molecule is CC.CC.Cc1ccc(Cn2c(-c3c(C)cc(C)cc3C)[n+](C)c3ccccc32)cc1. The van der Waals surface area contributed by atoms with Crippen molar-refractivity contribution in [3.05, 3.63) is 88.5 Å². The molecule has 4 aromatic rings. The molecule has 0 saturated carbocycles. The van der Waals surface area contributed by atoms with Gasteiger partial charge >= 0.3 is 0 Å². The van der Waals surface area contributed by atoms with E-state index < -0.39 is 0 Å². The zero-order valence-corrected chi connectivity index (χ0v) is 20.9. The van der Waals surface area contributed by atoms with Gasteiger partial charge in [-0.1, -0.05) is 87.4 Å². The van der Waals surface area contributed by atoms with Crippen LogP contribution >= 0.6 is 0 Å². The number of fused-ring (bicyclic) bond motifs is 1. The van der Waals surface area contributed by atoms with E-state index >= 15 is 0 Å². The van der Waals surface area contributed by atoms with E-state index in [9.17, 15) is 0 Å². The molecule has 31 heavy (non-hydrogen) atoms. The van der Waals surface area contributed by atoms with E-state index in [1.54, 1.807) is 0 Å². The van der Waals surface area contributed by atoms with Gasteiger partial charge in [-0.3, -0.25) is 0 Å². The molecule has 0 aliphatic heterocycles. The van der Waals surface area contributed by atoms with Gasteiger partial charge in [-0.05, 0) is 56.5 Å². The van der Waals surface area contributed by atoms with Gasteiger partial charge in [-0.25, -0.2) is 9.13 Å². The van der Waals surface area contributed by atoms with Crippen LogP contribution in [0.1, 0.15) is 55.5 Å². The average molecular weight is 416 g/mol. The fourth-order valence-electron chi connectivity index (χ4n) is 4.26. The summed E-state index contributed by atoms with van der Waals surface area (Å²) in [6.07, 6.45) is 0. The van der Waals surface area contributed by atoms with Gasteiger partial charge in [-0.15, -0.1) is 0 Å². The highest BCUT2D eigenvalue weighted by molar-refractivity contribution is 5.78. The highest BCUT2D eigenvalue weighted by Gasteiger charge is 2.26. The Bertz CT molecular complexity index is 1110. The molecule has 0 radical (unpaired) electrons. The lowest BCUT2D eigenvalue weighted by molar-refractivity contribution is -0.634. The largest absolute Gasteiger partial charge is 0.290 e. The molecule has 2 heteroatoms. The first-order valence-electron chi connectivity index (χ1n) is 11.6. The normalized spacial score (nSPS) is 10.2.